The highest BCUT2D eigenvalue weighted by Crippen LogP contribution is 2.50. The minimum Gasteiger partial charge on any atom is -0.501 e. The molecule has 0 saturated heterocycles. The highest BCUT2D eigenvalue weighted by molar-refractivity contribution is 8.04. The quantitative estimate of drug-likeness (QED) is 0.588. The molecule has 22 heavy (non-hydrogen) atoms. The van der Waals surface area contributed by atoms with E-state index in [4.69, 9.17) is 9.47 Å². The molecule has 2 rings (SSSR count). The zero-order valence-electron chi connectivity index (χ0n) is 13.4. The molecule has 0 saturated carbocycles. The molecule has 0 unspecified atom stereocenters. The highest BCUT2D eigenvalue weighted by atomic mass is 32.2. The maximum Gasteiger partial charge on any atom is 0.317 e. The summed E-state index contributed by atoms with van der Waals surface area (Å²) in [5.74, 6) is 0.601. The molecule has 0 N–H and O–H groups in total. The van der Waals surface area contributed by atoms with Gasteiger partial charge in [-0.3, -0.25) is 9.59 Å². The van der Waals surface area contributed by atoms with Gasteiger partial charge in [0.05, 0.1) is 19.1 Å². The molecule has 0 radical (unpaired) electrons. The Morgan fingerprint density at radius 1 is 1.45 bits per heavy atom. The summed E-state index contributed by atoms with van der Waals surface area (Å²) >= 11 is 1.45. The van der Waals surface area contributed by atoms with Crippen LogP contribution in [0.25, 0.3) is 0 Å². The number of ether oxygens (including phenoxy) is 2. The maximum absolute atomic E-state index is 12.7. The fourth-order valence-corrected chi connectivity index (χ4v) is 4.09. The molecule has 0 bridgehead atoms. The third kappa shape index (κ3) is 2.62. The third-order valence-corrected chi connectivity index (χ3v) is 5.35. The van der Waals surface area contributed by atoms with Crippen molar-refractivity contribution in [2.75, 3.05) is 20.0 Å². The van der Waals surface area contributed by atoms with Crippen LogP contribution in [0.2, 0.25) is 0 Å². The first kappa shape index (κ1) is 16.9. The fourth-order valence-electron chi connectivity index (χ4n) is 3.30. The molecule has 0 heterocycles. The molecule has 0 fully saturated rings. The van der Waals surface area contributed by atoms with Crippen LogP contribution in [0.15, 0.2) is 35.0 Å². The number of hydrogen-bond donors (Lipinski definition) is 0. The standard InChI is InChI=1S/C17H22O4S/c1-5-22-15-10-17(16(19)21-4)11(2)7-6-8-12(17)14(20-3)9-13(15)18/h6-7,9-12H,5,8H2,1-4H3/t11-,12+,17-/m1/s1. The van der Waals surface area contributed by atoms with Crippen LogP contribution in [0.4, 0.5) is 0 Å². The minimum atomic E-state index is -0.894. The largest absolute Gasteiger partial charge is 0.501 e. The Kier molecular flexibility index (Phi) is 5.16. The van der Waals surface area contributed by atoms with Crippen molar-refractivity contribution in [2.45, 2.75) is 20.3 Å². The molecule has 2 aliphatic rings. The normalized spacial score (nSPS) is 30.8. The van der Waals surface area contributed by atoms with Crippen molar-refractivity contribution in [3.63, 3.8) is 0 Å². The van der Waals surface area contributed by atoms with Gasteiger partial charge in [-0.15, -0.1) is 11.8 Å². The van der Waals surface area contributed by atoms with E-state index in [0.29, 0.717) is 17.1 Å². The Morgan fingerprint density at radius 2 is 2.18 bits per heavy atom. The van der Waals surface area contributed by atoms with E-state index in [1.165, 1.54) is 24.9 Å². The van der Waals surface area contributed by atoms with E-state index in [0.717, 1.165) is 5.75 Å². The van der Waals surface area contributed by atoms with Gasteiger partial charge in [-0.05, 0) is 24.2 Å². The number of rotatable bonds is 4. The van der Waals surface area contributed by atoms with Crippen molar-refractivity contribution in [2.24, 2.45) is 17.3 Å². The molecule has 5 heteroatoms. The molecule has 2 aliphatic carbocycles. The van der Waals surface area contributed by atoms with Gasteiger partial charge in [-0.25, -0.2) is 0 Å². The average molecular weight is 322 g/mol. The number of ketones is 1. The summed E-state index contributed by atoms with van der Waals surface area (Å²) in [4.78, 5) is 25.7. The maximum atomic E-state index is 12.7. The minimum absolute atomic E-state index is 0.0735. The molecule has 0 aromatic heterocycles. The molecular weight excluding hydrogens is 300 g/mol. The van der Waals surface area contributed by atoms with Crippen LogP contribution in [0, 0.1) is 17.3 Å². The summed E-state index contributed by atoms with van der Waals surface area (Å²) in [5.41, 5.74) is -0.894. The van der Waals surface area contributed by atoms with E-state index >= 15 is 0 Å². The van der Waals surface area contributed by atoms with Crippen molar-refractivity contribution < 1.29 is 19.1 Å². The number of thioether (sulfide) groups is 1. The fraction of sp³-hybridized carbons (Fsp3) is 0.529. The van der Waals surface area contributed by atoms with Gasteiger partial charge >= 0.3 is 5.97 Å². The predicted octanol–water partition coefficient (Wildman–Crippen LogP) is 3.11. The molecule has 120 valence electrons. The lowest BCUT2D eigenvalue weighted by Gasteiger charge is -2.41. The van der Waals surface area contributed by atoms with E-state index in [1.54, 1.807) is 7.11 Å². The number of esters is 1. The number of carbonyl (C=O) groups excluding carboxylic acids is 2. The lowest BCUT2D eigenvalue weighted by Crippen LogP contribution is -2.45. The van der Waals surface area contributed by atoms with Crippen LogP contribution in [0.5, 0.6) is 0 Å². The summed E-state index contributed by atoms with van der Waals surface area (Å²) in [5, 5.41) is 0. The molecule has 0 amide bonds. The first-order valence-corrected chi connectivity index (χ1v) is 8.40. The van der Waals surface area contributed by atoms with Gasteiger partial charge in [0.1, 0.15) is 11.2 Å². The second-order valence-electron chi connectivity index (χ2n) is 5.49. The average Bonchev–Trinajstić information content (AvgIpc) is 2.64. The molecule has 0 aromatic carbocycles. The van der Waals surface area contributed by atoms with Gasteiger partial charge < -0.3 is 9.47 Å². The van der Waals surface area contributed by atoms with Gasteiger partial charge in [0, 0.05) is 12.0 Å². The van der Waals surface area contributed by atoms with E-state index in [2.05, 4.69) is 0 Å². The van der Waals surface area contributed by atoms with E-state index < -0.39 is 5.41 Å². The second kappa shape index (κ2) is 6.73. The van der Waals surface area contributed by atoms with Crippen molar-refractivity contribution >= 4 is 23.5 Å². The number of allylic oxidation sites excluding steroid dienone is 5. The lowest BCUT2D eigenvalue weighted by atomic mass is 9.62. The van der Waals surface area contributed by atoms with Crippen molar-refractivity contribution in [1.82, 2.24) is 0 Å². The van der Waals surface area contributed by atoms with Crippen LogP contribution < -0.4 is 0 Å². The molecule has 0 aromatic rings. The van der Waals surface area contributed by atoms with Gasteiger partial charge in [0.25, 0.3) is 0 Å². The third-order valence-electron chi connectivity index (χ3n) is 4.43. The molecule has 0 aliphatic heterocycles. The topological polar surface area (TPSA) is 52.6 Å². The van der Waals surface area contributed by atoms with Crippen LogP contribution >= 0.6 is 11.8 Å². The number of fused-ring (bicyclic) bond motifs is 1. The van der Waals surface area contributed by atoms with Gasteiger partial charge in [-0.2, -0.15) is 0 Å². The van der Waals surface area contributed by atoms with Crippen molar-refractivity contribution in [3.8, 4) is 0 Å². The van der Waals surface area contributed by atoms with Crippen molar-refractivity contribution in [3.05, 3.63) is 35.0 Å². The summed E-state index contributed by atoms with van der Waals surface area (Å²) < 4.78 is 10.6. The Labute approximate surface area is 135 Å². The Hall–Kier alpha value is -1.49. The Balaban J connectivity index is 2.69. The summed E-state index contributed by atoms with van der Waals surface area (Å²) in [6, 6.07) is 0. The lowest BCUT2D eigenvalue weighted by molar-refractivity contribution is -0.155. The van der Waals surface area contributed by atoms with Crippen LogP contribution in [0.3, 0.4) is 0 Å². The number of methoxy groups -OCH3 is 2. The predicted molar refractivity (Wildman–Crippen MR) is 87.2 cm³/mol. The van der Waals surface area contributed by atoms with Crippen LogP contribution in [-0.4, -0.2) is 31.7 Å². The van der Waals surface area contributed by atoms with Gasteiger partial charge in [0.15, 0.2) is 5.78 Å². The second-order valence-corrected chi connectivity index (χ2v) is 6.79. The van der Waals surface area contributed by atoms with Crippen LogP contribution in [0.1, 0.15) is 20.3 Å². The van der Waals surface area contributed by atoms with Crippen molar-refractivity contribution in [1.29, 1.82) is 0 Å². The number of carbonyl (C=O) groups is 2. The first-order chi connectivity index (χ1) is 10.5. The smallest absolute Gasteiger partial charge is 0.317 e. The summed E-state index contributed by atoms with van der Waals surface area (Å²) in [6.07, 6.45) is 8.04. The summed E-state index contributed by atoms with van der Waals surface area (Å²) in [6.45, 7) is 3.96. The molecule has 4 nitrogen and oxygen atoms in total. The van der Waals surface area contributed by atoms with Gasteiger partial charge in [-0.1, -0.05) is 26.0 Å². The highest BCUT2D eigenvalue weighted by Gasteiger charge is 2.53. The monoisotopic (exact) mass is 322 g/mol. The molecule has 0 spiro atoms. The van der Waals surface area contributed by atoms with E-state index in [1.807, 2.05) is 32.1 Å². The summed E-state index contributed by atoms with van der Waals surface area (Å²) in [7, 11) is 2.94. The Morgan fingerprint density at radius 3 is 2.77 bits per heavy atom. The first-order valence-electron chi connectivity index (χ1n) is 7.41. The van der Waals surface area contributed by atoms with Crippen LogP contribution in [-0.2, 0) is 19.1 Å². The molecule has 3 atom stereocenters. The number of hydrogen-bond acceptors (Lipinski definition) is 5. The zero-order chi connectivity index (χ0) is 16.3. The SMILES string of the molecule is CCSC1=C[C@@]2(C(=O)OC)[C@H](C)C=CC[C@H]2C(OC)=CC1=O. The zero-order valence-corrected chi connectivity index (χ0v) is 14.2. The van der Waals surface area contributed by atoms with E-state index in [9.17, 15) is 9.59 Å². The molecular formula is C17H22O4S. The van der Waals surface area contributed by atoms with Gasteiger partial charge in [0.2, 0.25) is 0 Å². The van der Waals surface area contributed by atoms with E-state index in [-0.39, 0.29) is 23.6 Å². The Bertz CT molecular complexity index is 561.